The Morgan fingerprint density at radius 3 is 2.78 bits per heavy atom. The predicted molar refractivity (Wildman–Crippen MR) is 71.5 cm³/mol. The zero-order valence-electron chi connectivity index (χ0n) is 9.76. The van der Waals surface area contributed by atoms with E-state index in [0.717, 1.165) is 11.4 Å². The van der Waals surface area contributed by atoms with Gasteiger partial charge in [0.05, 0.1) is 18.5 Å². The van der Waals surface area contributed by atoms with Crippen LogP contribution in [-0.4, -0.2) is 23.7 Å². The smallest absolute Gasteiger partial charge is 0.259 e. The van der Waals surface area contributed by atoms with Gasteiger partial charge in [-0.15, -0.1) is 0 Å². The number of benzene rings is 1. The molecular formula is C13H14N4O. The van der Waals surface area contributed by atoms with Gasteiger partial charge >= 0.3 is 0 Å². The van der Waals surface area contributed by atoms with Crippen molar-refractivity contribution in [2.75, 3.05) is 11.9 Å². The standard InChI is InChI=1S/C13H14N4O/c18-13(10-15-11-5-2-1-3-6-11)17-16-9-12-7-4-8-14-12/h1-9,14-15H,10H2,(H,17,18). The molecule has 5 heteroatoms. The summed E-state index contributed by atoms with van der Waals surface area (Å²) >= 11 is 0. The van der Waals surface area contributed by atoms with Crippen LogP contribution in [0.15, 0.2) is 53.8 Å². The van der Waals surface area contributed by atoms with Crippen LogP contribution in [0.4, 0.5) is 5.69 Å². The number of aromatic amines is 1. The fraction of sp³-hybridized carbons (Fsp3) is 0.0769. The third-order valence-corrected chi connectivity index (χ3v) is 2.24. The highest BCUT2D eigenvalue weighted by molar-refractivity contribution is 5.83. The fourth-order valence-electron chi connectivity index (χ4n) is 1.38. The number of carbonyl (C=O) groups is 1. The minimum absolute atomic E-state index is 0.187. The number of hydrazone groups is 1. The molecule has 5 nitrogen and oxygen atoms in total. The van der Waals surface area contributed by atoms with Crippen LogP contribution in [0.3, 0.4) is 0 Å². The second kappa shape index (κ2) is 6.24. The summed E-state index contributed by atoms with van der Waals surface area (Å²) in [7, 11) is 0. The van der Waals surface area contributed by atoms with E-state index < -0.39 is 0 Å². The van der Waals surface area contributed by atoms with Crippen molar-refractivity contribution in [2.45, 2.75) is 0 Å². The second-order valence-electron chi connectivity index (χ2n) is 3.64. The van der Waals surface area contributed by atoms with Gasteiger partial charge in [0.25, 0.3) is 5.91 Å². The molecule has 1 amide bonds. The lowest BCUT2D eigenvalue weighted by Crippen LogP contribution is -2.25. The molecule has 0 spiro atoms. The Balaban J connectivity index is 1.73. The molecule has 0 unspecified atom stereocenters. The van der Waals surface area contributed by atoms with Gasteiger partial charge in [-0.3, -0.25) is 4.79 Å². The van der Waals surface area contributed by atoms with Crippen LogP contribution in [0.2, 0.25) is 0 Å². The molecule has 1 heterocycles. The van der Waals surface area contributed by atoms with Crippen LogP contribution < -0.4 is 10.7 Å². The lowest BCUT2D eigenvalue weighted by Gasteiger charge is -2.04. The Hall–Kier alpha value is -2.56. The van der Waals surface area contributed by atoms with Gasteiger partial charge in [-0.05, 0) is 24.3 Å². The van der Waals surface area contributed by atoms with Crippen LogP contribution in [0, 0.1) is 0 Å². The monoisotopic (exact) mass is 242 g/mol. The first kappa shape index (κ1) is 11.9. The zero-order valence-corrected chi connectivity index (χ0v) is 9.76. The zero-order chi connectivity index (χ0) is 12.6. The Kier molecular flexibility index (Phi) is 4.13. The van der Waals surface area contributed by atoms with Crippen LogP contribution >= 0.6 is 0 Å². The average molecular weight is 242 g/mol. The quantitative estimate of drug-likeness (QED) is 0.550. The number of anilines is 1. The number of hydrogen-bond donors (Lipinski definition) is 3. The Morgan fingerprint density at radius 2 is 2.06 bits per heavy atom. The van der Waals surface area contributed by atoms with E-state index in [4.69, 9.17) is 0 Å². The lowest BCUT2D eigenvalue weighted by atomic mass is 10.3. The van der Waals surface area contributed by atoms with Crippen molar-refractivity contribution < 1.29 is 4.79 Å². The first-order chi connectivity index (χ1) is 8.84. The van der Waals surface area contributed by atoms with Gasteiger partial charge in [-0.25, -0.2) is 5.43 Å². The maximum Gasteiger partial charge on any atom is 0.259 e. The van der Waals surface area contributed by atoms with Gasteiger partial charge in [-0.1, -0.05) is 18.2 Å². The number of H-pyrrole nitrogens is 1. The molecule has 0 bridgehead atoms. The van der Waals surface area contributed by atoms with Crippen molar-refractivity contribution >= 4 is 17.8 Å². The molecule has 3 N–H and O–H groups in total. The van der Waals surface area contributed by atoms with Crippen molar-refractivity contribution in [3.63, 3.8) is 0 Å². The highest BCUT2D eigenvalue weighted by Crippen LogP contribution is 2.03. The molecule has 1 aromatic heterocycles. The van der Waals surface area contributed by atoms with Crippen LogP contribution in [0.25, 0.3) is 0 Å². The fourth-order valence-corrected chi connectivity index (χ4v) is 1.38. The molecule has 18 heavy (non-hydrogen) atoms. The summed E-state index contributed by atoms with van der Waals surface area (Å²) < 4.78 is 0. The Morgan fingerprint density at radius 1 is 1.22 bits per heavy atom. The van der Waals surface area contributed by atoms with Gasteiger partial charge < -0.3 is 10.3 Å². The number of rotatable bonds is 5. The van der Waals surface area contributed by atoms with E-state index >= 15 is 0 Å². The number of para-hydroxylation sites is 1. The van der Waals surface area contributed by atoms with Crippen molar-refractivity contribution in [2.24, 2.45) is 5.10 Å². The third kappa shape index (κ3) is 3.79. The molecule has 0 atom stereocenters. The van der Waals surface area contributed by atoms with E-state index in [1.807, 2.05) is 42.5 Å². The van der Waals surface area contributed by atoms with E-state index in [0.29, 0.717) is 0 Å². The SMILES string of the molecule is O=C(CNc1ccccc1)NN=Cc1ccc[nH]1. The highest BCUT2D eigenvalue weighted by Gasteiger charge is 1.98. The van der Waals surface area contributed by atoms with Crippen molar-refractivity contribution in [3.05, 3.63) is 54.4 Å². The summed E-state index contributed by atoms with van der Waals surface area (Å²) in [6, 6.07) is 13.3. The molecule has 0 aliphatic heterocycles. The van der Waals surface area contributed by atoms with Crippen molar-refractivity contribution in [3.8, 4) is 0 Å². The number of nitrogens with one attached hydrogen (secondary N) is 3. The summed E-state index contributed by atoms with van der Waals surface area (Å²) in [6.07, 6.45) is 3.35. The Bertz CT molecular complexity index is 505. The van der Waals surface area contributed by atoms with Gasteiger partial charge in [0.2, 0.25) is 0 Å². The third-order valence-electron chi connectivity index (χ3n) is 2.24. The minimum Gasteiger partial charge on any atom is -0.376 e. The molecule has 2 rings (SSSR count). The van der Waals surface area contributed by atoms with E-state index in [1.54, 1.807) is 12.4 Å². The van der Waals surface area contributed by atoms with E-state index in [2.05, 4.69) is 20.8 Å². The summed E-state index contributed by atoms with van der Waals surface area (Å²) in [5.41, 5.74) is 4.18. The second-order valence-corrected chi connectivity index (χ2v) is 3.64. The number of carbonyl (C=O) groups excluding carboxylic acids is 1. The largest absolute Gasteiger partial charge is 0.376 e. The number of hydrogen-bond acceptors (Lipinski definition) is 3. The molecular weight excluding hydrogens is 228 g/mol. The number of amides is 1. The van der Waals surface area contributed by atoms with E-state index in [1.165, 1.54) is 0 Å². The predicted octanol–water partition coefficient (Wildman–Crippen LogP) is 1.58. The highest BCUT2D eigenvalue weighted by atomic mass is 16.2. The van der Waals surface area contributed by atoms with Gasteiger partial charge in [0.1, 0.15) is 0 Å². The van der Waals surface area contributed by atoms with E-state index in [9.17, 15) is 4.79 Å². The summed E-state index contributed by atoms with van der Waals surface area (Å²) in [5, 5.41) is 6.82. The van der Waals surface area contributed by atoms with Crippen molar-refractivity contribution in [1.29, 1.82) is 0 Å². The molecule has 2 aromatic rings. The normalized spacial score (nSPS) is 10.4. The molecule has 92 valence electrons. The molecule has 1 aromatic carbocycles. The molecule has 0 aliphatic rings. The summed E-state index contributed by atoms with van der Waals surface area (Å²) in [6.45, 7) is 0.187. The first-order valence-corrected chi connectivity index (χ1v) is 5.59. The molecule has 0 saturated heterocycles. The maximum absolute atomic E-state index is 11.4. The first-order valence-electron chi connectivity index (χ1n) is 5.59. The summed E-state index contributed by atoms with van der Waals surface area (Å²) in [4.78, 5) is 14.4. The molecule has 0 fully saturated rings. The molecule has 0 aliphatic carbocycles. The molecule has 0 saturated carbocycles. The summed E-state index contributed by atoms with van der Waals surface area (Å²) in [5.74, 6) is -0.193. The Labute approximate surface area is 105 Å². The van der Waals surface area contributed by atoms with Crippen molar-refractivity contribution in [1.82, 2.24) is 10.4 Å². The topological polar surface area (TPSA) is 69.3 Å². The average Bonchev–Trinajstić information content (AvgIpc) is 2.91. The van der Waals surface area contributed by atoms with Crippen LogP contribution in [-0.2, 0) is 4.79 Å². The minimum atomic E-state index is -0.193. The van der Waals surface area contributed by atoms with Crippen LogP contribution in [0.1, 0.15) is 5.69 Å². The maximum atomic E-state index is 11.4. The van der Waals surface area contributed by atoms with E-state index in [-0.39, 0.29) is 12.5 Å². The number of nitrogens with zero attached hydrogens (tertiary/aromatic N) is 1. The van der Waals surface area contributed by atoms with Crippen LogP contribution in [0.5, 0.6) is 0 Å². The van der Waals surface area contributed by atoms with Gasteiger partial charge in [-0.2, -0.15) is 5.10 Å². The number of aromatic nitrogens is 1. The lowest BCUT2D eigenvalue weighted by molar-refractivity contribution is -0.119. The molecule has 0 radical (unpaired) electrons. The van der Waals surface area contributed by atoms with Gasteiger partial charge in [0, 0.05) is 11.9 Å². The van der Waals surface area contributed by atoms with Gasteiger partial charge in [0.15, 0.2) is 0 Å².